The van der Waals surface area contributed by atoms with Crippen LogP contribution in [-0.2, 0) is 4.74 Å². The second-order valence-electron chi connectivity index (χ2n) is 2.10. The van der Waals surface area contributed by atoms with Crippen molar-refractivity contribution in [2.45, 2.75) is 13.3 Å². The van der Waals surface area contributed by atoms with E-state index >= 15 is 0 Å². The lowest BCUT2D eigenvalue weighted by atomic mass is 10.1. The smallest absolute Gasteiger partial charge is 0.404 e. The highest BCUT2D eigenvalue weighted by Gasteiger charge is 2.02. The molecule has 0 aliphatic rings. The monoisotopic (exact) mass is 142 g/mol. The van der Waals surface area contributed by atoms with Crippen molar-refractivity contribution in [3.8, 4) is 6.07 Å². The zero-order chi connectivity index (χ0) is 7.98. The zero-order valence-electron chi connectivity index (χ0n) is 5.83. The standard InChI is InChI=1S/C6H10N2O2/c1-5(2-3-7)4-10-6(8)9/h5H,2,4H2,1H3,(H2,8,9)/t5-/m0/s1. The molecule has 0 aromatic carbocycles. The molecule has 4 heteroatoms. The van der Waals surface area contributed by atoms with Crippen LogP contribution in [0.4, 0.5) is 4.79 Å². The van der Waals surface area contributed by atoms with Gasteiger partial charge in [0.2, 0.25) is 0 Å². The second-order valence-corrected chi connectivity index (χ2v) is 2.10. The molecule has 1 amide bonds. The molecule has 0 fully saturated rings. The van der Waals surface area contributed by atoms with Gasteiger partial charge in [0.05, 0.1) is 12.7 Å². The summed E-state index contributed by atoms with van der Waals surface area (Å²) in [4.78, 5) is 10.0. The first-order chi connectivity index (χ1) is 4.66. The molecule has 0 aromatic heterocycles. The van der Waals surface area contributed by atoms with E-state index in [0.717, 1.165) is 0 Å². The molecule has 0 saturated heterocycles. The highest BCUT2D eigenvalue weighted by Crippen LogP contribution is 1.99. The Bertz CT molecular complexity index is 150. The van der Waals surface area contributed by atoms with Gasteiger partial charge in [0.15, 0.2) is 0 Å². The number of nitriles is 1. The molecular formula is C6H10N2O2. The molecule has 0 spiro atoms. The van der Waals surface area contributed by atoms with E-state index < -0.39 is 6.09 Å². The summed E-state index contributed by atoms with van der Waals surface area (Å²) >= 11 is 0. The summed E-state index contributed by atoms with van der Waals surface area (Å²) in [5, 5.41) is 8.18. The number of amides is 1. The predicted octanol–water partition coefficient (Wildman–Crippen LogP) is 0.631. The van der Waals surface area contributed by atoms with Crippen molar-refractivity contribution < 1.29 is 9.53 Å². The lowest BCUT2D eigenvalue weighted by molar-refractivity contribution is 0.140. The first-order valence-corrected chi connectivity index (χ1v) is 2.96. The van der Waals surface area contributed by atoms with E-state index in [4.69, 9.17) is 11.0 Å². The minimum absolute atomic E-state index is 0.0671. The average molecular weight is 142 g/mol. The fourth-order valence-electron chi connectivity index (χ4n) is 0.439. The molecule has 0 saturated carbocycles. The summed E-state index contributed by atoms with van der Waals surface area (Å²) < 4.78 is 4.44. The summed E-state index contributed by atoms with van der Waals surface area (Å²) in [6.07, 6.45) is -0.405. The first kappa shape index (κ1) is 8.76. The maximum Gasteiger partial charge on any atom is 0.404 e. The quantitative estimate of drug-likeness (QED) is 0.627. The van der Waals surface area contributed by atoms with Crippen molar-refractivity contribution >= 4 is 6.09 Å². The summed E-state index contributed by atoms with van der Waals surface area (Å²) in [6.45, 7) is 2.04. The molecule has 0 radical (unpaired) electrons. The largest absolute Gasteiger partial charge is 0.449 e. The number of hydrogen-bond donors (Lipinski definition) is 1. The molecule has 4 nitrogen and oxygen atoms in total. The van der Waals surface area contributed by atoms with Crippen molar-refractivity contribution in [1.82, 2.24) is 0 Å². The van der Waals surface area contributed by atoms with Gasteiger partial charge < -0.3 is 10.5 Å². The molecule has 0 rings (SSSR count). The number of primary amides is 1. The number of carbonyl (C=O) groups excluding carboxylic acids is 1. The van der Waals surface area contributed by atoms with Crippen molar-refractivity contribution in [2.75, 3.05) is 6.61 Å². The summed E-state index contributed by atoms with van der Waals surface area (Å²) in [5.41, 5.74) is 4.69. The molecule has 0 aliphatic carbocycles. The molecule has 1 atom stereocenters. The van der Waals surface area contributed by atoms with Gasteiger partial charge in [-0.2, -0.15) is 5.26 Å². The molecule has 0 heterocycles. The Hall–Kier alpha value is -1.24. The van der Waals surface area contributed by atoms with Gasteiger partial charge in [-0.15, -0.1) is 0 Å². The maximum atomic E-state index is 10.0. The average Bonchev–Trinajstić information content (AvgIpc) is 1.85. The van der Waals surface area contributed by atoms with E-state index in [0.29, 0.717) is 6.42 Å². The fourth-order valence-corrected chi connectivity index (χ4v) is 0.439. The van der Waals surface area contributed by atoms with E-state index in [9.17, 15) is 4.79 Å². The Morgan fingerprint density at radius 3 is 2.90 bits per heavy atom. The van der Waals surface area contributed by atoms with Gasteiger partial charge in [-0.05, 0) is 0 Å². The third-order valence-corrected chi connectivity index (χ3v) is 0.950. The molecular weight excluding hydrogens is 132 g/mol. The lowest BCUT2D eigenvalue weighted by Gasteiger charge is -2.04. The number of nitrogens with zero attached hydrogens (tertiary/aromatic N) is 1. The highest BCUT2D eigenvalue weighted by molar-refractivity contribution is 5.64. The van der Waals surface area contributed by atoms with Gasteiger partial charge in [0.25, 0.3) is 0 Å². The Morgan fingerprint density at radius 2 is 2.50 bits per heavy atom. The number of carbonyl (C=O) groups is 1. The number of nitrogens with two attached hydrogens (primary N) is 1. The first-order valence-electron chi connectivity index (χ1n) is 2.96. The van der Waals surface area contributed by atoms with Gasteiger partial charge in [-0.1, -0.05) is 6.92 Å². The van der Waals surface area contributed by atoms with Crippen LogP contribution in [0, 0.1) is 17.2 Å². The lowest BCUT2D eigenvalue weighted by Crippen LogP contribution is -2.17. The topological polar surface area (TPSA) is 76.1 Å². The molecule has 0 aromatic rings. The Kier molecular flexibility index (Phi) is 4.05. The van der Waals surface area contributed by atoms with E-state index in [2.05, 4.69) is 4.74 Å². The molecule has 0 aliphatic heterocycles. The molecule has 56 valence electrons. The van der Waals surface area contributed by atoms with Crippen LogP contribution in [0.1, 0.15) is 13.3 Å². The van der Waals surface area contributed by atoms with E-state index in [1.165, 1.54) is 0 Å². The molecule has 2 N–H and O–H groups in total. The number of ether oxygens (including phenoxy) is 1. The van der Waals surface area contributed by atoms with Crippen molar-refractivity contribution in [2.24, 2.45) is 11.7 Å². The SMILES string of the molecule is C[C@@H](CC#N)COC(N)=O. The van der Waals surface area contributed by atoms with Gasteiger partial charge >= 0.3 is 6.09 Å². The van der Waals surface area contributed by atoms with Crippen LogP contribution in [-0.4, -0.2) is 12.7 Å². The minimum Gasteiger partial charge on any atom is -0.449 e. The van der Waals surface area contributed by atoms with E-state index in [-0.39, 0.29) is 12.5 Å². The Labute approximate surface area is 59.6 Å². The van der Waals surface area contributed by atoms with Crippen LogP contribution in [0.15, 0.2) is 0 Å². The van der Waals surface area contributed by atoms with Crippen molar-refractivity contribution in [3.63, 3.8) is 0 Å². The summed E-state index contributed by atoms with van der Waals surface area (Å²) in [6, 6.07) is 1.96. The minimum atomic E-state index is -0.787. The fraction of sp³-hybridized carbons (Fsp3) is 0.667. The second kappa shape index (κ2) is 4.62. The molecule has 0 bridgehead atoms. The van der Waals surface area contributed by atoms with Crippen LogP contribution >= 0.6 is 0 Å². The normalized spacial score (nSPS) is 11.6. The van der Waals surface area contributed by atoms with E-state index in [1.807, 2.05) is 13.0 Å². The molecule has 10 heavy (non-hydrogen) atoms. The summed E-state index contributed by atoms with van der Waals surface area (Å²) in [7, 11) is 0. The van der Waals surface area contributed by atoms with Crippen LogP contribution in [0.25, 0.3) is 0 Å². The molecule has 0 unspecified atom stereocenters. The van der Waals surface area contributed by atoms with Gasteiger partial charge in [0, 0.05) is 12.3 Å². The Morgan fingerprint density at radius 1 is 1.90 bits per heavy atom. The highest BCUT2D eigenvalue weighted by atomic mass is 16.5. The van der Waals surface area contributed by atoms with Crippen LogP contribution in [0.2, 0.25) is 0 Å². The van der Waals surface area contributed by atoms with Crippen LogP contribution in [0.5, 0.6) is 0 Å². The zero-order valence-corrected chi connectivity index (χ0v) is 5.83. The number of hydrogen-bond acceptors (Lipinski definition) is 3. The third kappa shape index (κ3) is 4.91. The third-order valence-electron chi connectivity index (χ3n) is 0.950. The van der Waals surface area contributed by atoms with Gasteiger partial charge in [0.1, 0.15) is 0 Å². The van der Waals surface area contributed by atoms with Crippen molar-refractivity contribution in [3.05, 3.63) is 0 Å². The van der Waals surface area contributed by atoms with Gasteiger partial charge in [-0.3, -0.25) is 0 Å². The van der Waals surface area contributed by atoms with Crippen molar-refractivity contribution in [1.29, 1.82) is 5.26 Å². The van der Waals surface area contributed by atoms with Crippen LogP contribution < -0.4 is 5.73 Å². The van der Waals surface area contributed by atoms with Crippen LogP contribution in [0.3, 0.4) is 0 Å². The predicted molar refractivity (Wildman–Crippen MR) is 34.9 cm³/mol. The maximum absolute atomic E-state index is 10.0. The van der Waals surface area contributed by atoms with E-state index in [1.54, 1.807) is 0 Å². The summed E-state index contributed by atoms with van der Waals surface area (Å²) in [5.74, 6) is 0.0671. The van der Waals surface area contributed by atoms with Gasteiger partial charge in [-0.25, -0.2) is 4.79 Å². The number of rotatable bonds is 3. The Balaban J connectivity index is 3.32.